The Hall–Kier alpha value is -2.11. The summed E-state index contributed by atoms with van der Waals surface area (Å²) in [5.41, 5.74) is 2.49. The first-order valence-corrected chi connectivity index (χ1v) is 7.95. The average molecular weight is 302 g/mol. The number of carbonyl (C=O) groups is 1. The molecule has 0 radical (unpaired) electrons. The number of aryl methyl sites for hydroxylation is 3. The summed E-state index contributed by atoms with van der Waals surface area (Å²) in [7, 11) is 0. The van der Waals surface area contributed by atoms with Crippen LogP contribution in [0.25, 0.3) is 0 Å². The largest absolute Gasteiger partial charge is 0.361 e. The molecule has 0 aromatic carbocycles. The SMILES string of the molecule is CCc1onc(C)c1C1CCCN1C(=O)c1ccn(CC)n1. The summed E-state index contributed by atoms with van der Waals surface area (Å²) in [6.45, 7) is 7.53. The van der Waals surface area contributed by atoms with Crippen molar-refractivity contribution in [3.63, 3.8) is 0 Å². The van der Waals surface area contributed by atoms with E-state index in [0.29, 0.717) is 5.69 Å². The highest BCUT2D eigenvalue weighted by atomic mass is 16.5. The van der Waals surface area contributed by atoms with Gasteiger partial charge in [0.15, 0.2) is 0 Å². The molecule has 3 rings (SSSR count). The highest BCUT2D eigenvalue weighted by molar-refractivity contribution is 5.92. The van der Waals surface area contributed by atoms with Crippen molar-refractivity contribution in [3.8, 4) is 0 Å². The molecule has 1 saturated heterocycles. The van der Waals surface area contributed by atoms with Crippen LogP contribution < -0.4 is 0 Å². The van der Waals surface area contributed by atoms with Crippen LogP contribution in [0.2, 0.25) is 0 Å². The van der Waals surface area contributed by atoms with E-state index in [0.717, 1.165) is 49.4 Å². The smallest absolute Gasteiger partial charge is 0.274 e. The van der Waals surface area contributed by atoms with Crippen LogP contribution in [-0.2, 0) is 13.0 Å². The minimum absolute atomic E-state index is 0.00245. The Morgan fingerprint density at radius 3 is 2.95 bits per heavy atom. The van der Waals surface area contributed by atoms with Crippen molar-refractivity contribution in [2.24, 2.45) is 0 Å². The zero-order valence-corrected chi connectivity index (χ0v) is 13.4. The molecule has 2 aromatic heterocycles. The Kier molecular flexibility index (Phi) is 4.00. The fraction of sp³-hybridized carbons (Fsp3) is 0.562. The fourth-order valence-corrected chi connectivity index (χ4v) is 3.21. The first kappa shape index (κ1) is 14.8. The molecule has 1 atom stereocenters. The van der Waals surface area contributed by atoms with Crippen LogP contribution in [0, 0.1) is 6.92 Å². The number of nitrogens with zero attached hydrogens (tertiary/aromatic N) is 4. The zero-order chi connectivity index (χ0) is 15.7. The molecule has 1 aliphatic heterocycles. The molecule has 1 aliphatic rings. The molecular formula is C16H22N4O2. The van der Waals surface area contributed by atoms with Crippen molar-refractivity contribution >= 4 is 5.91 Å². The van der Waals surface area contributed by atoms with E-state index in [-0.39, 0.29) is 11.9 Å². The summed E-state index contributed by atoms with van der Waals surface area (Å²) >= 11 is 0. The van der Waals surface area contributed by atoms with Crippen LogP contribution in [0.3, 0.4) is 0 Å². The molecule has 1 unspecified atom stereocenters. The van der Waals surface area contributed by atoms with Gasteiger partial charge in [0.25, 0.3) is 5.91 Å². The monoisotopic (exact) mass is 302 g/mol. The van der Waals surface area contributed by atoms with Gasteiger partial charge < -0.3 is 9.42 Å². The molecule has 0 bridgehead atoms. The lowest BCUT2D eigenvalue weighted by molar-refractivity contribution is 0.0727. The predicted molar refractivity (Wildman–Crippen MR) is 81.5 cm³/mol. The van der Waals surface area contributed by atoms with Gasteiger partial charge in [-0.2, -0.15) is 5.10 Å². The third-order valence-corrected chi connectivity index (χ3v) is 4.33. The Balaban J connectivity index is 1.89. The standard InChI is InChI=1S/C16H22N4O2/c1-4-14-15(11(3)18-22-14)13-7-6-9-20(13)16(21)12-8-10-19(5-2)17-12/h8,10,13H,4-7,9H2,1-3H3. The van der Waals surface area contributed by atoms with Crippen LogP contribution >= 0.6 is 0 Å². The first-order valence-electron chi connectivity index (χ1n) is 7.95. The highest BCUT2D eigenvalue weighted by Gasteiger charge is 2.35. The van der Waals surface area contributed by atoms with Crippen molar-refractivity contribution in [1.82, 2.24) is 19.8 Å². The van der Waals surface area contributed by atoms with E-state index in [2.05, 4.69) is 10.3 Å². The van der Waals surface area contributed by atoms with Gasteiger partial charge in [-0.15, -0.1) is 0 Å². The van der Waals surface area contributed by atoms with E-state index >= 15 is 0 Å². The van der Waals surface area contributed by atoms with E-state index in [1.54, 1.807) is 10.7 Å². The molecule has 1 amide bonds. The number of rotatable bonds is 4. The van der Waals surface area contributed by atoms with Crippen molar-refractivity contribution in [2.75, 3.05) is 6.54 Å². The summed E-state index contributed by atoms with van der Waals surface area (Å²) in [6, 6.07) is 1.85. The minimum Gasteiger partial charge on any atom is -0.361 e. The molecule has 0 N–H and O–H groups in total. The summed E-state index contributed by atoms with van der Waals surface area (Å²) < 4.78 is 7.18. The number of hydrogen-bond donors (Lipinski definition) is 0. The molecule has 118 valence electrons. The maximum Gasteiger partial charge on any atom is 0.274 e. The third kappa shape index (κ3) is 2.42. The second kappa shape index (κ2) is 5.94. The topological polar surface area (TPSA) is 64.2 Å². The molecule has 0 spiro atoms. The molecule has 0 saturated carbocycles. The van der Waals surface area contributed by atoms with Gasteiger partial charge >= 0.3 is 0 Å². The van der Waals surface area contributed by atoms with Crippen LogP contribution in [0.5, 0.6) is 0 Å². The van der Waals surface area contributed by atoms with Gasteiger partial charge in [-0.1, -0.05) is 12.1 Å². The van der Waals surface area contributed by atoms with Crippen LogP contribution in [0.4, 0.5) is 0 Å². The maximum atomic E-state index is 12.8. The van der Waals surface area contributed by atoms with Crippen LogP contribution in [0.1, 0.15) is 60.2 Å². The quantitative estimate of drug-likeness (QED) is 0.871. The van der Waals surface area contributed by atoms with Crippen molar-refractivity contribution in [3.05, 3.63) is 35.0 Å². The lowest BCUT2D eigenvalue weighted by atomic mass is 10.0. The lowest BCUT2D eigenvalue weighted by Gasteiger charge is -2.24. The number of carbonyl (C=O) groups excluding carboxylic acids is 1. The summed E-state index contributed by atoms with van der Waals surface area (Å²) in [4.78, 5) is 14.7. The van der Waals surface area contributed by atoms with Gasteiger partial charge in [-0.25, -0.2) is 0 Å². The second-order valence-corrected chi connectivity index (χ2v) is 5.67. The van der Waals surface area contributed by atoms with E-state index in [1.807, 2.05) is 31.9 Å². The van der Waals surface area contributed by atoms with Gasteiger partial charge in [0.05, 0.1) is 11.7 Å². The molecule has 6 heteroatoms. The minimum atomic E-state index is -0.00245. The van der Waals surface area contributed by atoms with Gasteiger partial charge in [-0.3, -0.25) is 9.48 Å². The molecule has 1 fully saturated rings. The number of amides is 1. The lowest BCUT2D eigenvalue weighted by Crippen LogP contribution is -2.31. The Labute approximate surface area is 130 Å². The van der Waals surface area contributed by atoms with Crippen LogP contribution in [-0.4, -0.2) is 32.3 Å². The van der Waals surface area contributed by atoms with Gasteiger partial charge in [-0.05, 0) is 32.8 Å². The van der Waals surface area contributed by atoms with Gasteiger partial charge in [0.2, 0.25) is 0 Å². The number of hydrogen-bond acceptors (Lipinski definition) is 4. The predicted octanol–water partition coefficient (Wildman–Crippen LogP) is 2.74. The van der Waals surface area contributed by atoms with E-state index in [4.69, 9.17) is 4.52 Å². The third-order valence-electron chi connectivity index (χ3n) is 4.33. The van der Waals surface area contributed by atoms with Crippen molar-refractivity contribution in [1.29, 1.82) is 0 Å². The van der Waals surface area contributed by atoms with Crippen molar-refractivity contribution < 1.29 is 9.32 Å². The fourth-order valence-electron chi connectivity index (χ4n) is 3.21. The number of likely N-dealkylation sites (tertiary alicyclic amines) is 1. The average Bonchev–Trinajstić information content (AvgIpc) is 3.24. The molecular weight excluding hydrogens is 280 g/mol. The Bertz CT molecular complexity index is 673. The van der Waals surface area contributed by atoms with Gasteiger partial charge in [0, 0.05) is 31.3 Å². The van der Waals surface area contributed by atoms with Crippen molar-refractivity contribution in [2.45, 2.75) is 52.6 Å². The van der Waals surface area contributed by atoms with Gasteiger partial charge in [0.1, 0.15) is 11.5 Å². The van der Waals surface area contributed by atoms with E-state index < -0.39 is 0 Å². The molecule has 0 aliphatic carbocycles. The molecule has 3 heterocycles. The summed E-state index contributed by atoms with van der Waals surface area (Å²) in [5.74, 6) is 0.888. The summed E-state index contributed by atoms with van der Waals surface area (Å²) in [6.07, 6.45) is 4.59. The molecule has 22 heavy (non-hydrogen) atoms. The van der Waals surface area contributed by atoms with E-state index in [9.17, 15) is 4.79 Å². The Morgan fingerprint density at radius 1 is 1.45 bits per heavy atom. The number of aromatic nitrogens is 3. The molecule has 2 aromatic rings. The zero-order valence-electron chi connectivity index (χ0n) is 13.4. The second-order valence-electron chi connectivity index (χ2n) is 5.67. The maximum absolute atomic E-state index is 12.8. The highest BCUT2D eigenvalue weighted by Crippen LogP contribution is 2.36. The van der Waals surface area contributed by atoms with Crippen LogP contribution in [0.15, 0.2) is 16.8 Å². The van der Waals surface area contributed by atoms with E-state index in [1.165, 1.54) is 0 Å². The molecule has 6 nitrogen and oxygen atoms in total. The normalized spacial score (nSPS) is 18.1. The summed E-state index contributed by atoms with van der Waals surface area (Å²) in [5, 5.41) is 8.42. The Morgan fingerprint density at radius 2 is 2.27 bits per heavy atom. The first-order chi connectivity index (χ1) is 10.7.